The van der Waals surface area contributed by atoms with E-state index in [1.807, 2.05) is 0 Å². The molecule has 0 aliphatic heterocycles. The molecule has 6 nitrogen and oxygen atoms in total. The minimum atomic E-state index is -0.627. The molecule has 1 fully saturated rings. The van der Waals surface area contributed by atoms with Crippen molar-refractivity contribution >= 4 is 17.6 Å². The Kier molecular flexibility index (Phi) is 6.31. The molecule has 1 aromatic heterocycles. The van der Waals surface area contributed by atoms with Crippen molar-refractivity contribution in [1.82, 2.24) is 4.98 Å². The number of nitrogens with two attached hydrogens (primary N) is 1. The second-order valence-electron chi connectivity index (χ2n) is 7.00. The lowest BCUT2D eigenvalue weighted by atomic mass is 9.75. The van der Waals surface area contributed by atoms with E-state index in [2.05, 4.69) is 31.1 Å². The van der Waals surface area contributed by atoms with E-state index in [0.717, 1.165) is 12.8 Å². The highest BCUT2D eigenvalue weighted by Crippen LogP contribution is 2.35. The van der Waals surface area contributed by atoms with Crippen LogP contribution in [0.1, 0.15) is 50.5 Å². The maximum absolute atomic E-state index is 12.1. The summed E-state index contributed by atoms with van der Waals surface area (Å²) < 4.78 is 5.91. The zero-order valence-electron chi connectivity index (χ0n) is 14.6. The summed E-state index contributed by atoms with van der Waals surface area (Å²) in [6, 6.07) is 4.75. The first-order valence-corrected chi connectivity index (χ1v) is 8.55. The number of anilines is 1. The Labute approximate surface area is 143 Å². The number of nitrogens with one attached hydrogen (secondary N) is 1. The summed E-state index contributed by atoms with van der Waals surface area (Å²) in [6.07, 6.45) is 3.47. The highest BCUT2D eigenvalue weighted by molar-refractivity contribution is 5.93. The number of hydrogen-bond acceptors (Lipinski definition) is 4. The van der Waals surface area contributed by atoms with Crippen molar-refractivity contribution in [3.63, 3.8) is 0 Å². The zero-order chi connectivity index (χ0) is 17.7. The van der Waals surface area contributed by atoms with Gasteiger partial charge in [0.2, 0.25) is 0 Å². The molecule has 0 spiro atoms. The van der Waals surface area contributed by atoms with Crippen molar-refractivity contribution in [2.45, 2.75) is 46.1 Å². The first-order valence-electron chi connectivity index (χ1n) is 8.55. The molecule has 0 bridgehead atoms. The summed E-state index contributed by atoms with van der Waals surface area (Å²) in [4.78, 5) is 27.2. The maximum atomic E-state index is 12.1. The van der Waals surface area contributed by atoms with Crippen LogP contribution in [-0.4, -0.2) is 29.5 Å². The van der Waals surface area contributed by atoms with Gasteiger partial charge < -0.3 is 15.8 Å². The number of hydrogen-bond donors (Lipinski definition) is 2. The summed E-state index contributed by atoms with van der Waals surface area (Å²) in [6.45, 7) is 6.63. The summed E-state index contributed by atoms with van der Waals surface area (Å²) in [5.74, 6) is 1.06. The SMILES string of the molecule is CC1CCC(C(C)C)C(OCC(=O)Nc2cccc(C(N)=O)n2)C1. The monoisotopic (exact) mass is 333 g/mol. The molecule has 3 unspecified atom stereocenters. The van der Waals surface area contributed by atoms with E-state index in [1.165, 1.54) is 12.5 Å². The lowest BCUT2D eigenvalue weighted by Crippen LogP contribution is -2.36. The predicted octanol–water partition coefficient (Wildman–Crippen LogP) is 2.60. The number of nitrogens with zero attached hydrogens (tertiary/aromatic N) is 1. The zero-order valence-corrected chi connectivity index (χ0v) is 14.6. The minimum Gasteiger partial charge on any atom is -0.368 e. The van der Waals surface area contributed by atoms with Crippen molar-refractivity contribution in [3.8, 4) is 0 Å². The molecule has 1 saturated carbocycles. The van der Waals surface area contributed by atoms with Crippen molar-refractivity contribution in [1.29, 1.82) is 0 Å². The third-order valence-electron chi connectivity index (χ3n) is 4.66. The van der Waals surface area contributed by atoms with Gasteiger partial charge >= 0.3 is 0 Å². The molecule has 1 aliphatic rings. The van der Waals surface area contributed by atoms with Gasteiger partial charge in [0.05, 0.1) is 6.10 Å². The highest BCUT2D eigenvalue weighted by atomic mass is 16.5. The number of ether oxygens (including phenoxy) is 1. The summed E-state index contributed by atoms with van der Waals surface area (Å²) in [5.41, 5.74) is 5.31. The molecule has 1 aliphatic carbocycles. The van der Waals surface area contributed by atoms with Crippen LogP contribution in [0.5, 0.6) is 0 Å². The molecular formula is C18H27N3O3. The smallest absolute Gasteiger partial charge is 0.267 e. The highest BCUT2D eigenvalue weighted by Gasteiger charge is 2.31. The van der Waals surface area contributed by atoms with Crippen molar-refractivity contribution in [2.75, 3.05) is 11.9 Å². The number of pyridine rings is 1. The molecule has 0 radical (unpaired) electrons. The number of carbonyl (C=O) groups is 2. The first kappa shape index (κ1) is 18.4. The van der Waals surface area contributed by atoms with Crippen LogP contribution in [0.25, 0.3) is 0 Å². The summed E-state index contributed by atoms with van der Waals surface area (Å²) in [5, 5.41) is 2.65. The lowest BCUT2D eigenvalue weighted by Gasteiger charge is -2.37. The van der Waals surface area contributed by atoms with Gasteiger partial charge in [-0.15, -0.1) is 0 Å². The van der Waals surface area contributed by atoms with E-state index < -0.39 is 5.91 Å². The molecule has 3 N–H and O–H groups in total. The van der Waals surface area contributed by atoms with Crippen molar-refractivity contribution in [3.05, 3.63) is 23.9 Å². The van der Waals surface area contributed by atoms with E-state index in [4.69, 9.17) is 10.5 Å². The fourth-order valence-electron chi connectivity index (χ4n) is 3.31. The molecule has 3 atom stereocenters. The van der Waals surface area contributed by atoms with Crippen molar-refractivity contribution in [2.24, 2.45) is 23.5 Å². The Hall–Kier alpha value is -1.95. The minimum absolute atomic E-state index is 0.0108. The number of rotatable bonds is 6. The molecule has 132 valence electrons. The number of aromatic nitrogens is 1. The van der Waals surface area contributed by atoms with E-state index in [-0.39, 0.29) is 24.3 Å². The van der Waals surface area contributed by atoms with Crippen LogP contribution >= 0.6 is 0 Å². The van der Waals surface area contributed by atoms with Gasteiger partial charge in [-0.25, -0.2) is 4.98 Å². The number of primary amides is 1. The van der Waals surface area contributed by atoms with Crippen LogP contribution in [-0.2, 0) is 9.53 Å². The molecule has 24 heavy (non-hydrogen) atoms. The molecule has 0 saturated heterocycles. The van der Waals surface area contributed by atoms with Gasteiger partial charge in [-0.3, -0.25) is 9.59 Å². The van der Waals surface area contributed by atoms with Gasteiger partial charge in [-0.05, 0) is 42.7 Å². The fourth-order valence-corrected chi connectivity index (χ4v) is 3.31. The fraction of sp³-hybridized carbons (Fsp3) is 0.611. The summed E-state index contributed by atoms with van der Waals surface area (Å²) in [7, 11) is 0. The quantitative estimate of drug-likeness (QED) is 0.836. The van der Waals surface area contributed by atoms with Gasteiger partial charge in [0, 0.05) is 0 Å². The third kappa shape index (κ3) is 5.03. The average molecular weight is 333 g/mol. The molecule has 1 heterocycles. The van der Waals surface area contributed by atoms with E-state index in [9.17, 15) is 9.59 Å². The molecule has 2 rings (SSSR count). The normalized spacial score (nSPS) is 23.9. The molecular weight excluding hydrogens is 306 g/mol. The van der Waals surface area contributed by atoms with Crippen LogP contribution in [0.3, 0.4) is 0 Å². The van der Waals surface area contributed by atoms with Gasteiger partial charge in [0.25, 0.3) is 11.8 Å². The number of amides is 2. The van der Waals surface area contributed by atoms with Gasteiger partial charge in [0.15, 0.2) is 0 Å². The van der Waals surface area contributed by atoms with Crippen LogP contribution < -0.4 is 11.1 Å². The standard InChI is InChI=1S/C18H27N3O3/c1-11(2)13-8-7-12(3)9-15(13)24-10-17(22)21-16-6-4-5-14(20-16)18(19)23/h4-6,11-13,15H,7-10H2,1-3H3,(H2,19,23)(H,20,21,22). The Morgan fingerprint density at radius 1 is 1.38 bits per heavy atom. The Balaban J connectivity index is 1.90. The second-order valence-corrected chi connectivity index (χ2v) is 7.00. The largest absolute Gasteiger partial charge is 0.368 e. The average Bonchev–Trinajstić information content (AvgIpc) is 2.53. The van der Waals surface area contributed by atoms with E-state index in [0.29, 0.717) is 23.6 Å². The van der Waals surface area contributed by atoms with Crippen molar-refractivity contribution < 1.29 is 14.3 Å². The Bertz CT molecular complexity index is 589. The summed E-state index contributed by atoms with van der Waals surface area (Å²) >= 11 is 0. The molecule has 2 amide bonds. The Morgan fingerprint density at radius 2 is 2.12 bits per heavy atom. The lowest BCUT2D eigenvalue weighted by molar-refractivity contribution is -0.126. The predicted molar refractivity (Wildman–Crippen MR) is 92.5 cm³/mol. The van der Waals surface area contributed by atoms with Crippen LogP contribution in [0, 0.1) is 17.8 Å². The van der Waals surface area contributed by atoms with Gasteiger partial charge in [-0.2, -0.15) is 0 Å². The molecule has 0 aromatic carbocycles. The number of carbonyl (C=O) groups excluding carboxylic acids is 2. The van der Waals surface area contributed by atoms with Crippen LogP contribution in [0.2, 0.25) is 0 Å². The molecule has 6 heteroatoms. The van der Waals surface area contributed by atoms with Gasteiger partial charge in [-0.1, -0.05) is 33.3 Å². The molecule has 1 aromatic rings. The maximum Gasteiger partial charge on any atom is 0.267 e. The Morgan fingerprint density at radius 3 is 2.79 bits per heavy atom. The first-order chi connectivity index (χ1) is 11.4. The third-order valence-corrected chi connectivity index (χ3v) is 4.66. The van der Waals surface area contributed by atoms with Gasteiger partial charge in [0.1, 0.15) is 18.1 Å². The second kappa shape index (κ2) is 8.24. The van der Waals surface area contributed by atoms with E-state index >= 15 is 0 Å². The van der Waals surface area contributed by atoms with Crippen LogP contribution in [0.4, 0.5) is 5.82 Å². The topological polar surface area (TPSA) is 94.3 Å². The van der Waals surface area contributed by atoms with Crippen LogP contribution in [0.15, 0.2) is 18.2 Å². The van der Waals surface area contributed by atoms with E-state index in [1.54, 1.807) is 12.1 Å².